The first-order chi connectivity index (χ1) is 11.7. The highest BCUT2D eigenvalue weighted by atomic mass is 127. The van der Waals surface area contributed by atoms with E-state index >= 15 is 0 Å². The van der Waals surface area contributed by atoms with Gasteiger partial charge in [-0.05, 0) is 46.9 Å². The van der Waals surface area contributed by atoms with Gasteiger partial charge < -0.3 is 0 Å². The fourth-order valence-corrected chi connectivity index (χ4v) is 3.11. The number of carbonyl (C=O) groups is 1. The van der Waals surface area contributed by atoms with Gasteiger partial charge >= 0.3 is 0 Å². The summed E-state index contributed by atoms with van der Waals surface area (Å²) in [5.41, 5.74) is 3.28. The lowest BCUT2D eigenvalue weighted by Crippen LogP contribution is -2.08. The van der Waals surface area contributed by atoms with Gasteiger partial charge in [-0.15, -0.1) is 0 Å². The number of benzene rings is 1. The highest BCUT2D eigenvalue weighted by Crippen LogP contribution is 2.26. The molecule has 0 fully saturated rings. The maximum atomic E-state index is 13.1. The van der Waals surface area contributed by atoms with Crippen LogP contribution in [0.25, 0.3) is 16.9 Å². The molecule has 4 rings (SSSR count). The Kier molecular flexibility index (Phi) is 3.86. The molecular formula is C19H12IN3O. The summed E-state index contributed by atoms with van der Waals surface area (Å²) < 4.78 is 2.88. The molecule has 4 aromatic rings. The fraction of sp³-hybridized carbons (Fsp3) is 0. The molecule has 0 amide bonds. The molecular weight excluding hydrogens is 413 g/mol. The number of hydrogen-bond donors (Lipinski definition) is 0. The predicted molar refractivity (Wildman–Crippen MR) is 101 cm³/mol. The highest BCUT2D eigenvalue weighted by molar-refractivity contribution is 14.1. The van der Waals surface area contributed by atoms with Crippen molar-refractivity contribution in [2.45, 2.75) is 0 Å². The second-order valence-corrected chi connectivity index (χ2v) is 6.54. The van der Waals surface area contributed by atoms with Crippen LogP contribution in [0.5, 0.6) is 0 Å². The van der Waals surface area contributed by atoms with Gasteiger partial charge in [0, 0.05) is 21.5 Å². The molecule has 116 valence electrons. The van der Waals surface area contributed by atoms with Crippen LogP contribution in [-0.4, -0.2) is 20.2 Å². The summed E-state index contributed by atoms with van der Waals surface area (Å²) in [5.74, 6) is -0.135. The van der Waals surface area contributed by atoms with Crippen molar-refractivity contribution in [1.82, 2.24) is 14.4 Å². The van der Waals surface area contributed by atoms with Crippen LogP contribution in [0.2, 0.25) is 0 Å². The summed E-state index contributed by atoms with van der Waals surface area (Å²) >= 11 is 2.23. The third-order valence-corrected chi connectivity index (χ3v) is 4.38. The second-order valence-electron chi connectivity index (χ2n) is 5.29. The van der Waals surface area contributed by atoms with Crippen LogP contribution in [0, 0.1) is 3.57 Å². The van der Waals surface area contributed by atoms with E-state index in [1.54, 1.807) is 18.3 Å². The van der Waals surface area contributed by atoms with Crippen LogP contribution in [0.3, 0.4) is 0 Å². The van der Waals surface area contributed by atoms with Gasteiger partial charge in [0.2, 0.25) is 5.78 Å². The number of halogens is 1. The van der Waals surface area contributed by atoms with Gasteiger partial charge in [-0.3, -0.25) is 14.2 Å². The van der Waals surface area contributed by atoms with E-state index in [1.165, 1.54) is 0 Å². The number of carbonyl (C=O) groups excluding carboxylic acids is 1. The maximum Gasteiger partial charge on any atom is 0.230 e. The van der Waals surface area contributed by atoms with Crippen molar-refractivity contribution < 1.29 is 4.79 Å². The Hall–Kier alpha value is -2.54. The lowest BCUT2D eigenvalue weighted by Gasteiger charge is -2.04. The molecule has 0 aliphatic carbocycles. The average molecular weight is 425 g/mol. The largest absolute Gasteiger partial charge is 0.295 e. The lowest BCUT2D eigenvalue weighted by molar-refractivity contribution is 0.102. The average Bonchev–Trinajstić information content (AvgIpc) is 3.01. The van der Waals surface area contributed by atoms with Crippen molar-refractivity contribution in [2.24, 2.45) is 0 Å². The summed E-state index contributed by atoms with van der Waals surface area (Å²) in [6.45, 7) is 0. The zero-order chi connectivity index (χ0) is 16.5. The van der Waals surface area contributed by atoms with Gasteiger partial charge in [0.15, 0.2) is 0 Å². The molecule has 0 atom stereocenters. The Morgan fingerprint density at radius 1 is 0.958 bits per heavy atom. The zero-order valence-corrected chi connectivity index (χ0v) is 14.7. The first-order valence-corrected chi connectivity index (χ1v) is 8.51. The normalized spacial score (nSPS) is 10.9. The van der Waals surface area contributed by atoms with E-state index in [2.05, 4.69) is 32.6 Å². The number of aromatic nitrogens is 3. The minimum atomic E-state index is -0.135. The molecule has 0 aliphatic heterocycles. The van der Waals surface area contributed by atoms with Crippen molar-refractivity contribution in [3.63, 3.8) is 0 Å². The van der Waals surface area contributed by atoms with Crippen molar-refractivity contribution in [3.05, 3.63) is 88.0 Å². The molecule has 0 spiro atoms. The monoisotopic (exact) mass is 425 g/mol. The van der Waals surface area contributed by atoms with E-state index in [0.29, 0.717) is 17.1 Å². The molecule has 0 N–H and O–H groups in total. The summed E-state index contributed by atoms with van der Waals surface area (Å²) in [6, 6.07) is 19.0. The van der Waals surface area contributed by atoms with Gasteiger partial charge in [0.1, 0.15) is 22.7 Å². The first kappa shape index (κ1) is 15.0. The molecule has 5 heteroatoms. The van der Waals surface area contributed by atoms with Gasteiger partial charge in [-0.2, -0.15) is 0 Å². The third-order valence-electron chi connectivity index (χ3n) is 3.74. The van der Waals surface area contributed by atoms with Crippen LogP contribution < -0.4 is 0 Å². The molecule has 3 aromatic heterocycles. The van der Waals surface area contributed by atoms with Crippen molar-refractivity contribution in [3.8, 4) is 11.3 Å². The van der Waals surface area contributed by atoms with Gasteiger partial charge in [-0.25, -0.2) is 4.98 Å². The van der Waals surface area contributed by atoms with E-state index in [0.717, 1.165) is 14.8 Å². The summed E-state index contributed by atoms with van der Waals surface area (Å²) in [4.78, 5) is 22.0. The Morgan fingerprint density at radius 3 is 2.50 bits per heavy atom. The molecule has 0 unspecified atom stereocenters. The fourth-order valence-electron chi connectivity index (χ4n) is 2.65. The van der Waals surface area contributed by atoms with E-state index in [1.807, 2.05) is 59.1 Å². The summed E-state index contributed by atoms with van der Waals surface area (Å²) in [6.07, 6.45) is 3.55. The minimum Gasteiger partial charge on any atom is -0.295 e. The van der Waals surface area contributed by atoms with Crippen LogP contribution >= 0.6 is 22.6 Å². The lowest BCUT2D eigenvalue weighted by atomic mass is 10.1. The number of imidazole rings is 1. The van der Waals surface area contributed by atoms with Crippen LogP contribution in [0.4, 0.5) is 0 Å². The predicted octanol–water partition coefficient (Wildman–Crippen LogP) is 4.23. The summed E-state index contributed by atoms with van der Waals surface area (Å²) in [7, 11) is 0. The molecule has 0 aliphatic rings. The van der Waals surface area contributed by atoms with Gasteiger partial charge in [0.05, 0.1) is 0 Å². The Morgan fingerprint density at radius 2 is 1.75 bits per heavy atom. The SMILES string of the molecule is O=C(c1ccccn1)c1c(-c2ccccc2)nc2ccc(I)cn12. The van der Waals surface area contributed by atoms with Crippen molar-refractivity contribution in [2.75, 3.05) is 0 Å². The van der Waals surface area contributed by atoms with Crippen LogP contribution in [-0.2, 0) is 0 Å². The minimum absolute atomic E-state index is 0.135. The van der Waals surface area contributed by atoms with E-state index in [4.69, 9.17) is 0 Å². The highest BCUT2D eigenvalue weighted by Gasteiger charge is 2.22. The Bertz CT molecular complexity index is 1030. The summed E-state index contributed by atoms with van der Waals surface area (Å²) in [5, 5.41) is 0. The second kappa shape index (κ2) is 6.16. The standard InChI is InChI=1S/C19H12IN3O/c20-14-9-10-16-22-17(13-6-2-1-3-7-13)18(23(16)12-14)19(24)15-8-4-5-11-21-15/h1-12H. The number of ketones is 1. The van der Waals surface area contributed by atoms with Crippen molar-refractivity contribution in [1.29, 1.82) is 0 Å². The number of rotatable bonds is 3. The maximum absolute atomic E-state index is 13.1. The smallest absolute Gasteiger partial charge is 0.230 e. The molecule has 0 bridgehead atoms. The van der Waals surface area contributed by atoms with Crippen LogP contribution in [0.15, 0.2) is 73.1 Å². The van der Waals surface area contributed by atoms with Crippen LogP contribution in [0.1, 0.15) is 16.2 Å². The molecule has 0 saturated carbocycles. The van der Waals surface area contributed by atoms with E-state index in [-0.39, 0.29) is 5.78 Å². The Balaban J connectivity index is 2.01. The number of pyridine rings is 2. The molecule has 1 aromatic carbocycles. The molecule has 3 heterocycles. The number of hydrogen-bond acceptors (Lipinski definition) is 3. The molecule has 24 heavy (non-hydrogen) atoms. The topological polar surface area (TPSA) is 47.3 Å². The van der Waals surface area contributed by atoms with E-state index in [9.17, 15) is 4.79 Å². The van der Waals surface area contributed by atoms with Gasteiger partial charge in [-0.1, -0.05) is 36.4 Å². The zero-order valence-electron chi connectivity index (χ0n) is 12.6. The number of fused-ring (bicyclic) bond motifs is 1. The van der Waals surface area contributed by atoms with Gasteiger partial charge in [0.25, 0.3) is 0 Å². The molecule has 4 nitrogen and oxygen atoms in total. The quantitative estimate of drug-likeness (QED) is 0.365. The number of nitrogens with zero attached hydrogens (tertiary/aromatic N) is 3. The first-order valence-electron chi connectivity index (χ1n) is 7.43. The molecule has 0 saturated heterocycles. The van der Waals surface area contributed by atoms with E-state index < -0.39 is 0 Å². The molecule has 0 radical (unpaired) electrons. The third kappa shape index (κ3) is 2.60. The van der Waals surface area contributed by atoms with Crippen molar-refractivity contribution >= 4 is 34.0 Å². The Labute approximate surface area is 152 Å².